The molecule has 1 aromatic carbocycles. The van der Waals surface area contributed by atoms with Crippen molar-refractivity contribution in [1.82, 2.24) is 9.97 Å². The molecule has 0 amide bonds. The van der Waals surface area contributed by atoms with Crippen LogP contribution in [-0.4, -0.2) is 15.9 Å². The van der Waals surface area contributed by atoms with E-state index in [1.807, 2.05) is 42.8 Å². The smallest absolute Gasteiger partial charge is 0.338 e. The van der Waals surface area contributed by atoms with Crippen LogP contribution in [0.3, 0.4) is 0 Å². The lowest BCUT2D eigenvalue weighted by Gasteiger charge is -2.13. The minimum absolute atomic E-state index is 0.223. The van der Waals surface area contributed by atoms with E-state index in [9.17, 15) is 9.59 Å². The molecule has 3 aromatic heterocycles. The van der Waals surface area contributed by atoms with Crippen molar-refractivity contribution in [3.63, 3.8) is 0 Å². The third-order valence-electron chi connectivity index (χ3n) is 4.66. The van der Waals surface area contributed by atoms with Gasteiger partial charge in [0.1, 0.15) is 4.83 Å². The van der Waals surface area contributed by atoms with Crippen molar-refractivity contribution < 1.29 is 9.53 Å². The SMILES string of the molecule is Cc1ccc(C(=O)O[C@@H](C)c2nc3scc(-c4cccs4)c3c(=O)[nH]2)cc1C. The molecule has 0 saturated carbocycles. The number of aryl methyl sites for hydroxylation is 2. The number of hydrogen-bond donors (Lipinski definition) is 1. The van der Waals surface area contributed by atoms with Gasteiger partial charge in [-0.1, -0.05) is 12.1 Å². The summed E-state index contributed by atoms with van der Waals surface area (Å²) in [5, 5.41) is 4.49. The second-order valence-electron chi connectivity index (χ2n) is 6.60. The van der Waals surface area contributed by atoms with Gasteiger partial charge in [0.2, 0.25) is 0 Å². The third kappa shape index (κ3) is 3.39. The van der Waals surface area contributed by atoms with Crippen LogP contribution in [0.25, 0.3) is 20.7 Å². The van der Waals surface area contributed by atoms with E-state index in [2.05, 4.69) is 9.97 Å². The summed E-state index contributed by atoms with van der Waals surface area (Å²) in [5.41, 5.74) is 3.28. The lowest BCUT2D eigenvalue weighted by molar-refractivity contribution is 0.0320. The molecule has 142 valence electrons. The van der Waals surface area contributed by atoms with E-state index in [0.717, 1.165) is 21.6 Å². The highest BCUT2D eigenvalue weighted by molar-refractivity contribution is 7.18. The second-order valence-corrected chi connectivity index (χ2v) is 8.41. The number of aromatic nitrogens is 2. The lowest BCUT2D eigenvalue weighted by atomic mass is 10.1. The maximum atomic E-state index is 12.7. The van der Waals surface area contributed by atoms with Gasteiger partial charge < -0.3 is 9.72 Å². The molecule has 5 nitrogen and oxygen atoms in total. The molecule has 4 rings (SSSR count). The number of ether oxygens (including phenoxy) is 1. The Morgan fingerprint density at radius 3 is 2.71 bits per heavy atom. The molecular formula is C21H18N2O3S2. The number of rotatable bonds is 4. The Hall–Kier alpha value is -2.77. The van der Waals surface area contributed by atoms with Gasteiger partial charge in [-0.25, -0.2) is 9.78 Å². The molecule has 0 radical (unpaired) electrons. The van der Waals surface area contributed by atoms with Gasteiger partial charge in [0, 0.05) is 15.8 Å². The molecule has 0 aliphatic rings. The minimum atomic E-state index is -0.668. The van der Waals surface area contributed by atoms with Gasteiger partial charge in [-0.05, 0) is 55.5 Å². The van der Waals surface area contributed by atoms with Gasteiger partial charge in [0.15, 0.2) is 11.9 Å². The molecule has 0 saturated heterocycles. The van der Waals surface area contributed by atoms with E-state index >= 15 is 0 Å². The standard InChI is InChI=1S/C21H18N2O3S2/c1-11-6-7-14(9-12(11)2)21(25)26-13(3)18-22-19(24)17-15(10-28-20(17)23-18)16-5-4-8-27-16/h4-10,13H,1-3H3,(H,22,23,24)/t13-/m0/s1. The maximum Gasteiger partial charge on any atom is 0.338 e. The average molecular weight is 411 g/mol. The number of esters is 1. The Labute approximate surface area is 169 Å². The summed E-state index contributed by atoms with van der Waals surface area (Å²) in [7, 11) is 0. The topological polar surface area (TPSA) is 72.0 Å². The first-order valence-corrected chi connectivity index (χ1v) is 10.5. The van der Waals surface area contributed by atoms with Crippen molar-refractivity contribution in [2.45, 2.75) is 26.9 Å². The number of nitrogens with one attached hydrogen (secondary N) is 1. The van der Waals surface area contributed by atoms with E-state index in [-0.39, 0.29) is 5.56 Å². The molecule has 0 aliphatic carbocycles. The molecule has 0 fully saturated rings. The quantitative estimate of drug-likeness (QED) is 0.467. The van der Waals surface area contributed by atoms with E-state index in [4.69, 9.17) is 4.74 Å². The maximum absolute atomic E-state index is 12.7. The van der Waals surface area contributed by atoms with E-state index in [1.165, 1.54) is 11.3 Å². The average Bonchev–Trinajstić information content (AvgIpc) is 3.33. The van der Waals surface area contributed by atoms with Gasteiger partial charge in [-0.3, -0.25) is 4.79 Å². The minimum Gasteiger partial charge on any atom is -0.451 e. The normalized spacial score (nSPS) is 12.2. The fourth-order valence-electron chi connectivity index (χ4n) is 2.92. The van der Waals surface area contributed by atoms with Crippen LogP contribution in [0.2, 0.25) is 0 Å². The van der Waals surface area contributed by atoms with E-state index in [1.54, 1.807) is 30.4 Å². The van der Waals surface area contributed by atoms with Crippen LogP contribution in [-0.2, 0) is 4.74 Å². The van der Waals surface area contributed by atoms with Crippen LogP contribution >= 0.6 is 22.7 Å². The van der Waals surface area contributed by atoms with Gasteiger partial charge >= 0.3 is 5.97 Å². The highest BCUT2D eigenvalue weighted by Crippen LogP contribution is 2.33. The number of thiophene rings is 2. The van der Waals surface area contributed by atoms with Gasteiger partial charge in [-0.2, -0.15) is 0 Å². The molecule has 0 unspecified atom stereocenters. The molecule has 0 spiro atoms. The van der Waals surface area contributed by atoms with Crippen LogP contribution in [0.5, 0.6) is 0 Å². The monoisotopic (exact) mass is 410 g/mol. The summed E-state index contributed by atoms with van der Waals surface area (Å²) in [6.07, 6.45) is -0.668. The number of carbonyl (C=O) groups excluding carboxylic acids is 1. The predicted octanol–water partition coefficient (Wildman–Crippen LogP) is 5.25. The summed E-state index contributed by atoms with van der Waals surface area (Å²) in [4.78, 5) is 34.1. The molecule has 3 heterocycles. The van der Waals surface area contributed by atoms with Gasteiger partial charge in [-0.15, -0.1) is 22.7 Å². The Morgan fingerprint density at radius 1 is 1.18 bits per heavy atom. The molecule has 7 heteroatoms. The Balaban J connectivity index is 1.63. The van der Waals surface area contributed by atoms with Crippen LogP contribution in [0.4, 0.5) is 0 Å². The van der Waals surface area contributed by atoms with Crippen LogP contribution < -0.4 is 5.56 Å². The number of carbonyl (C=O) groups is 1. The van der Waals surface area contributed by atoms with Crippen molar-refractivity contribution in [1.29, 1.82) is 0 Å². The summed E-state index contributed by atoms with van der Waals surface area (Å²) in [5.74, 6) is -0.0990. The summed E-state index contributed by atoms with van der Waals surface area (Å²) < 4.78 is 5.54. The number of H-pyrrole nitrogens is 1. The highest BCUT2D eigenvalue weighted by Gasteiger charge is 2.19. The second kappa shape index (κ2) is 7.33. The summed E-state index contributed by atoms with van der Waals surface area (Å²) in [6.45, 7) is 5.64. The van der Waals surface area contributed by atoms with Crippen molar-refractivity contribution in [2.75, 3.05) is 0 Å². The number of benzene rings is 1. The molecule has 4 aromatic rings. The number of nitrogens with zero attached hydrogens (tertiary/aromatic N) is 1. The molecular weight excluding hydrogens is 392 g/mol. The fraction of sp³-hybridized carbons (Fsp3) is 0.190. The van der Waals surface area contributed by atoms with Crippen LogP contribution in [0, 0.1) is 13.8 Å². The summed E-state index contributed by atoms with van der Waals surface area (Å²) in [6, 6.07) is 9.36. The van der Waals surface area contributed by atoms with Crippen molar-refractivity contribution in [3.8, 4) is 10.4 Å². The van der Waals surface area contributed by atoms with Crippen molar-refractivity contribution in [3.05, 3.63) is 74.0 Å². The third-order valence-corrected chi connectivity index (χ3v) is 6.44. The van der Waals surface area contributed by atoms with E-state index < -0.39 is 12.1 Å². The highest BCUT2D eigenvalue weighted by atomic mass is 32.1. The first-order chi connectivity index (χ1) is 13.4. The van der Waals surface area contributed by atoms with Gasteiger partial charge in [0.05, 0.1) is 10.9 Å². The number of aromatic amines is 1. The van der Waals surface area contributed by atoms with Crippen molar-refractivity contribution in [2.24, 2.45) is 0 Å². The fourth-order valence-corrected chi connectivity index (χ4v) is 4.69. The molecule has 0 bridgehead atoms. The first kappa shape index (κ1) is 18.6. The Morgan fingerprint density at radius 2 is 2.00 bits per heavy atom. The summed E-state index contributed by atoms with van der Waals surface area (Å²) >= 11 is 2.99. The number of hydrogen-bond acceptors (Lipinski definition) is 6. The zero-order chi connectivity index (χ0) is 19.8. The number of fused-ring (bicyclic) bond motifs is 1. The molecule has 0 aliphatic heterocycles. The van der Waals surface area contributed by atoms with E-state index in [0.29, 0.717) is 21.6 Å². The lowest BCUT2D eigenvalue weighted by Crippen LogP contribution is -2.17. The largest absolute Gasteiger partial charge is 0.451 e. The molecule has 1 N–H and O–H groups in total. The molecule has 1 atom stereocenters. The zero-order valence-electron chi connectivity index (χ0n) is 15.6. The predicted molar refractivity (Wildman–Crippen MR) is 113 cm³/mol. The Kier molecular flexibility index (Phi) is 4.87. The Bertz CT molecular complexity index is 1220. The van der Waals surface area contributed by atoms with Gasteiger partial charge in [0.25, 0.3) is 5.56 Å². The molecule has 28 heavy (non-hydrogen) atoms. The zero-order valence-corrected chi connectivity index (χ0v) is 17.2. The first-order valence-electron chi connectivity index (χ1n) is 8.77. The van der Waals surface area contributed by atoms with Crippen LogP contribution in [0.1, 0.15) is 40.3 Å². The van der Waals surface area contributed by atoms with Crippen molar-refractivity contribution >= 4 is 38.9 Å². The van der Waals surface area contributed by atoms with Crippen LogP contribution in [0.15, 0.2) is 45.9 Å².